The Morgan fingerprint density at radius 2 is 1.45 bits per heavy atom. The van der Waals surface area contributed by atoms with Crippen molar-refractivity contribution in [2.75, 3.05) is 31.1 Å². The first-order chi connectivity index (χ1) is 14.1. The van der Waals surface area contributed by atoms with Gasteiger partial charge in [0.15, 0.2) is 0 Å². The van der Waals surface area contributed by atoms with Crippen molar-refractivity contribution in [3.8, 4) is 11.1 Å². The predicted molar refractivity (Wildman–Crippen MR) is 118 cm³/mol. The normalized spacial score (nSPS) is 14.7. The van der Waals surface area contributed by atoms with E-state index >= 15 is 0 Å². The lowest BCUT2D eigenvalue weighted by Gasteiger charge is -2.36. The summed E-state index contributed by atoms with van der Waals surface area (Å²) >= 11 is 6.43. The fourth-order valence-corrected chi connectivity index (χ4v) is 4.06. The first-order valence-corrected chi connectivity index (χ1v) is 10.1. The summed E-state index contributed by atoms with van der Waals surface area (Å²) in [7, 11) is 0. The largest absolute Gasteiger partial charge is 0.478 e. The van der Waals surface area contributed by atoms with Crippen LogP contribution in [-0.2, 0) is 6.54 Å². The standard InChI is InChI=1S/C24H23ClN2O2/c25-23-8-4-3-7-22(23)21-6-2-1-5-19(21)17-26-13-15-27(16-14-26)20-11-9-18(10-12-20)24(28)29/h1-12H,13-17H2,(H,28,29). The van der Waals surface area contributed by atoms with Crippen molar-refractivity contribution in [3.63, 3.8) is 0 Å². The second-order valence-corrected chi connectivity index (χ2v) is 7.66. The Morgan fingerprint density at radius 1 is 0.828 bits per heavy atom. The number of hydrogen-bond donors (Lipinski definition) is 1. The molecule has 1 heterocycles. The molecular weight excluding hydrogens is 384 g/mol. The topological polar surface area (TPSA) is 43.8 Å². The first-order valence-electron chi connectivity index (χ1n) is 9.75. The molecular formula is C24H23ClN2O2. The van der Waals surface area contributed by atoms with E-state index in [4.69, 9.17) is 16.7 Å². The van der Waals surface area contributed by atoms with Gasteiger partial charge in [0.05, 0.1) is 5.56 Å². The van der Waals surface area contributed by atoms with E-state index in [0.717, 1.165) is 49.0 Å². The molecule has 0 spiro atoms. The highest BCUT2D eigenvalue weighted by Gasteiger charge is 2.19. The lowest BCUT2D eigenvalue weighted by Crippen LogP contribution is -2.46. The van der Waals surface area contributed by atoms with E-state index in [1.165, 1.54) is 11.1 Å². The molecule has 1 N–H and O–H groups in total. The Bertz CT molecular complexity index is 996. The van der Waals surface area contributed by atoms with Gasteiger partial charge in [-0.05, 0) is 41.5 Å². The Hall–Kier alpha value is -2.82. The second kappa shape index (κ2) is 8.68. The molecule has 3 aromatic rings. The number of carboxylic acid groups (broad SMARTS) is 1. The van der Waals surface area contributed by atoms with Gasteiger partial charge in [0, 0.05) is 49.0 Å². The molecule has 5 heteroatoms. The average Bonchev–Trinajstić information content (AvgIpc) is 2.75. The minimum Gasteiger partial charge on any atom is -0.478 e. The van der Waals surface area contributed by atoms with Gasteiger partial charge in [0.1, 0.15) is 0 Å². The fraction of sp³-hybridized carbons (Fsp3) is 0.208. The van der Waals surface area contributed by atoms with Crippen molar-refractivity contribution in [1.82, 2.24) is 4.90 Å². The fourth-order valence-electron chi connectivity index (χ4n) is 3.82. The maximum atomic E-state index is 11.0. The van der Waals surface area contributed by atoms with Crippen LogP contribution in [0, 0.1) is 0 Å². The summed E-state index contributed by atoms with van der Waals surface area (Å²) in [6.45, 7) is 4.63. The summed E-state index contributed by atoms with van der Waals surface area (Å²) in [5.74, 6) is -0.890. The minimum absolute atomic E-state index is 0.323. The van der Waals surface area contributed by atoms with E-state index in [-0.39, 0.29) is 0 Å². The van der Waals surface area contributed by atoms with Gasteiger partial charge in [-0.25, -0.2) is 4.79 Å². The van der Waals surface area contributed by atoms with E-state index in [1.807, 2.05) is 30.3 Å². The van der Waals surface area contributed by atoms with Crippen molar-refractivity contribution in [3.05, 3.63) is 88.9 Å². The molecule has 4 nitrogen and oxygen atoms in total. The van der Waals surface area contributed by atoms with Gasteiger partial charge in [-0.1, -0.05) is 54.1 Å². The molecule has 0 amide bonds. The molecule has 1 saturated heterocycles. The monoisotopic (exact) mass is 406 g/mol. The maximum absolute atomic E-state index is 11.0. The summed E-state index contributed by atoms with van der Waals surface area (Å²) in [5.41, 5.74) is 4.93. The van der Waals surface area contributed by atoms with E-state index in [0.29, 0.717) is 5.56 Å². The van der Waals surface area contributed by atoms with Gasteiger partial charge in [0.25, 0.3) is 0 Å². The molecule has 148 valence electrons. The number of benzene rings is 3. The maximum Gasteiger partial charge on any atom is 0.335 e. The Balaban J connectivity index is 1.43. The zero-order chi connectivity index (χ0) is 20.2. The van der Waals surface area contributed by atoms with Crippen LogP contribution >= 0.6 is 11.6 Å². The molecule has 29 heavy (non-hydrogen) atoms. The molecule has 1 aliphatic rings. The molecule has 4 rings (SSSR count). The molecule has 1 aliphatic heterocycles. The van der Waals surface area contributed by atoms with Crippen LogP contribution in [0.3, 0.4) is 0 Å². The molecule has 0 bridgehead atoms. The SMILES string of the molecule is O=C(O)c1ccc(N2CCN(Cc3ccccc3-c3ccccc3Cl)CC2)cc1. The molecule has 0 aromatic heterocycles. The van der Waals surface area contributed by atoms with Crippen LogP contribution in [0.2, 0.25) is 5.02 Å². The van der Waals surface area contributed by atoms with E-state index in [2.05, 4.69) is 40.1 Å². The minimum atomic E-state index is -0.890. The zero-order valence-corrected chi connectivity index (χ0v) is 16.8. The molecule has 0 aliphatic carbocycles. The van der Waals surface area contributed by atoms with Crippen LogP contribution in [0.15, 0.2) is 72.8 Å². The number of rotatable bonds is 5. The molecule has 0 atom stereocenters. The Labute approximate surface area is 176 Å². The quantitative estimate of drug-likeness (QED) is 0.645. The van der Waals surface area contributed by atoms with Crippen molar-refractivity contribution in [2.45, 2.75) is 6.54 Å². The predicted octanol–water partition coefficient (Wildman–Crippen LogP) is 5.03. The van der Waals surface area contributed by atoms with Gasteiger partial charge >= 0.3 is 5.97 Å². The van der Waals surface area contributed by atoms with E-state index in [9.17, 15) is 4.79 Å². The Kier molecular flexibility index (Phi) is 5.84. The number of carbonyl (C=O) groups is 1. The molecule has 0 radical (unpaired) electrons. The number of piperazine rings is 1. The molecule has 1 fully saturated rings. The smallest absolute Gasteiger partial charge is 0.335 e. The molecule has 0 saturated carbocycles. The van der Waals surface area contributed by atoms with Crippen molar-refractivity contribution in [1.29, 1.82) is 0 Å². The van der Waals surface area contributed by atoms with E-state index < -0.39 is 5.97 Å². The van der Waals surface area contributed by atoms with Crippen LogP contribution in [-0.4, -0.2) is 42.2 Å². The van der Waals surface area contributed by atoms with Crippen LogP contribution in [0.4, 0.5) is 5.69 Å². The lowest BCUT2D eigenvalue weighted by atomic mass is 9.99. The lowest BCUT2D eigenvalue weighted by molar-refractivity contribution is 0.0697. The molecule has 0 unspecified atom stereocenters. The first kappa shape index (κ1) is 19.5. The highest BCUT2D eigenvalue weighted by atomic mass is 35.5. The van der Waals surface area contributed by atoms with Gasteiger partial charge in [-0.15, -0.1) is 0 Å². The number of anilines is 1. The third-order valence-electron chi connectivity index (χ3n) is 5.43. The molecule has 3 aromatic carbocycles. The highest BCUT2D eigenvalue weighted by Crippen LogP contribution is 2.31. The average molecular weight is 407 g/mol. The second-order valence-electron chi connectivity index (χ2n) is 7.25. The number of hydrogen-bond acceptors (Lipinski definition) is 3. The third kappa shape index (κ3) is 4.44. The van der Waals surface area contributed by atoms with Gasteiger partial charge < -0.3 is 10.0 Å². The summed E-state index contributed by atoms with van der Waals surface area (Å²) in [5, 5.41) is 9.83. The number of nitrogens with zero attached hydrogens (tertiary/aromatic N) is 2. The third-order valence-corrected chi connectivity index (χ3v) is 5.76. The summed E-state index contributed by atoms with van der Waals surface area (Å²) < 4.78 is 0. The van der Waals surface area contributed by atoms with E-state index in [1.54, 1.807) is 12.1 Å². The summed E-state index contributed by atoms with van der Waals surface area (Å²) in [6, 6.07) is 23.6. The van der Waals surface area contributed by atoms with Gasteiger partial charge in [-0.2, -0.15) is 0 Å². The van der Waals surface area contributed by atoms with Crippen LogP contribution in [0.5, 0.6) is 0 Å². The zero-order valence-electron chi connectivity index (χ0n) is 16.1. The van der Waals surface area contributed by atoms with Crippen LogP contribution in [0.25, 0.3) is 11.1 Å². The van der Waals surface area contributed by atoms with Crippen molar-refractivity contribution in [2.24, 2.45) is 0 Å². The highest BCUT2D eigenvalue weighted by molar-refractivity contribution is 6.33. The summed E-state index contributed by atoms with van der Waals surface area (Å²) in [6.07, 6.45) is 0. The van der Waals surface area contributed by atoms with Crippen LogP contribution < -0.4 is 4.90 Å². The number of halogens is 1. The Morgan fingerprint density at radius 3 is 2.10 bits per heavy atom. The van der Waals surface area contributed by atoms with Gasteiger partial charge in [-0.3, -0.25) is 4.90 Å². The number of carboxylic acids is 1. The van der Waals surface area contributed by atoms with Crippen molar-refractivity contribution >= 4 is 23.3 Å². The van der Waals surface area contributed by atoms with Gasteiger partial charge in [0.2, 0.25) is 0 Å². The van der Waals surface area contributed by atoms with Crippen molar-refractivity contribution < 1.29 is 9.90 Å². The van der Waals surface area contributed by atoms with Crippen LogP contribution in [0.1, 0.15) is 15.9 Å². The number of aromatic carboxylic acids is 1. The summed E-state index contributed by atoms with van der Waals surface area (Å²) in [4.78, 5) is 15.8.